The van der Waals surface area contributed by atoms with Gasteiger partial charge in [-0.2, -0.15) is 0 Å². The number of nitrogens with two attached hydrogens (primary N) is 1. The summed E-state index contributed by atoms with van der Waals surface area (Å²) in [5, 5.41) is 11.9. The summed E-state index contributed by atoms with van der Waals surface area (Å²) in [6.45, 7) is 2.47. The van der Waals surface area contributed by atoms with Gasteiger partial charge in [0.1, 0.15) is 0 Å². The van der Waals surface area contributed by atoms with E-state index in [0.29, 0.717) is 43.2 Å². The molecule has 32 heavy (non-hydrogen) atoms. The Labute approximate surface area is 186 Å². The van der Waals surface area contributed by atoms with Crippen LogP contribution in [-0.4, -0.2) is 43.0 Å². The van der Waals surface area contributed by atoms with E-state index in [1.807, 2.05) is 30.3 Å². The molecule has 0 unspecified atom stereocenters. The maximum absolute atomic E-state index is 12.7. The van der Waals surface area contributed by atoms with Crippen molar-refractivity contribution in [1.82, 2.24) is 10.3 Å². The second kappa shape index (κ2) is 8.68. The number of fused-ring (bicyclic) bond motifs is 3. The first-order chi connectivity index (χ1) is 15.7. The van der Waals surface area contributed by atoms with Gasteiger partial charge in [-0.1, -0.05) is 12.1 Å². The number of hydrogen-bond acceptors (Lipinski definition) is 6. The Hall–Kier alpha value is -3.29. The summed E-state index contributed by atoms with van der Waals surface area (Å²) in [5.41, 5.74) is 12.8. The number of rotatable bonds is 4. The molecule has 4 N–H and O–H groups in total. The summed E-state index contributed by atoms with van der Waals surface area (Å²) in [7, 11) is 0. The summed E-state index contributed by atoms with van der Waals surface area (Å²) in [6, 6.07) is 11.4. The highest BCUT2D eigenvalue weighted by Gasteiger charge is 2.22. The zero-order chi connectivity index (χ0) is 22.1. The van der Waals surface area contributed by atoms with Crippen LogP contribution in [0.4, 0.5) is 5.69 Å². The molecule has 0 radical (unpaired) electrons. The molecule has 0 bridgehead atoms. The van der Waals surface area contributed by atoms with E-state index in [1.54, 1.807) is 6.07 Å². The van der Waals surface area contributed by atoms with Crippen LogP contribution in [0.1, 0.15) is 39.9 Å². The first-order valence-electron chi connectivity index (χ1n) is 11.0. The number of ether oxygens (including phenoxy) is 2. The molecule has 1 saturated heterocycles. The number of nitrogen functional groups attached to an aromatic ring is 1. The maximum atomic E-state index is 12.7. The van der Waals surface area contributed by atoms with Crippen molar-refractivity contribution in [1.29, 1.82) is 5.41 Å². The number of anilines is 1. The Bertz CT molecular complexity index is 1180. The highest BCUT2D eigenvalue weighted by atomic mass is 16.5. The van der Waals surface area contributed by atoms with Crippen LogP contribution >= 0.6 is 0 Å². The summed E-state index contributed by atoms with van der Waals surface area (Å²) in [4.78, 5) is 17.6. The predicted molar refractivity (Wildman–Crippen MR) is 124 cm³/mol. The molecule has 3 aromatic rings. The quantitative estimate of drug-likeness (QED) is 0.434. The van der Waals surface area contributed by atoms with Crippen LogP contribution in [-0.2, 0) is 22.5 Å². The van der Waals surface area contributed by atoms with Crippen molar-refractivity contribution in [3.8, 4) is 11.3 Å². The number of hydrogen-bond donors (Lipinski definition) is 3. The Kier molecular flexibility index (Phi) is 5.59. The lowest BCUT2D eigenvalue weighted by atomic mass is 9.91. The molecule has 2 aromatic carbocycles. The molecule has 1 aromatic heterocycles. The normalized spacial score (nSPS) is 16.5. The van der Waals surface area contributed by atoms with E-state index in [4.69, 9.17) is 25.6 Å². The lowest BCUT2D eigenvalue weighted by Crippen LogP contribution is -2.38. The fraction of sp³-hybridized carbons (Fsp3) is 0.320. The van der Waals surface area contributed by atoms with Crippen LogP contribution in [0.3, 0.4) is 0 Å². The van der Waals surface area contributed by atoms with E-state index in [9.17, 15) is 4.79 Å². The molecular formula is C25H26N4O3. The van der Waals surface area contributed by atoms with Gasteiger partial charge in [-0.05, 0) is 49.1 Å². The molecule has 7 heteroatoms. The molecular weight excluding hydrogens is 404 g/mol. The highest BCUT2D eigenvalue weighted by molar-refractivity contribution is 6.05. The number of carbonyl (C=O) groups is 1. The second-order valence-corrected chi connectivity index (χ2v) is 8.26. The first kappa shape index (κ1) is 20.6. The van der Waals surface area contributed by atoms with Crippen LogP contribution in [0.15, 0.2) is 36.4 Å². The smallest absolute Gasteiger partial charge is 0.251 e. The molecule has 2 aliphatic heterocycles. The van der Waals surface area contributed by atoms with Gasteiger partial charge in [0, 0.05) is 58.8 Å². The number of aromatic nitrogens is 1. The maximum Gasteiger partial charge on any atom is 0.251 e. The van der Waals surface area contributed by atoms with Crippen LogP contribution in [0.25, 0.3) is 22.2 Å². The molecule has 164 valence electrons. The van der Waals surface area contributed by atoms with E-state index in [1.165, 1.54) is 6.21 Å². The lowest BCUT2D eigenvalue weighted by molar-refractivity contribution is 0.0696. The lowest BCUT2D eigenvalue weighted by Gasteiger charge is -2.23. The minimum atomic E-state index is -0.0635. The van der Waals surface area contributed by atoms with E-state index in [-0.39, 0.29) is 11.9 Å². The van der Waals surface area contributed by atoms with Crippen molar-refractivity contribution < 1.29 is 14.3 Å². The Balaban J connectivity index is 1.51. The molecule has 7 nitrogen and oxygen atoms in total. The number of benzene rings is 2. The number of nitrogens with one attached hydrogen (secondary N) is 2. The van der Waals surface area contributed by atoms with Gasteiger partial charge in [0.05, 0.1) is 24.4 Å². The van der Waals surface area contributed by atoms with Crippen molar-refractivity contribution in [3.63, 3.8) is 0 Å². The van der Waals surface area contributed by atoms with Crippen molar-refractivity contribution in [2.45, 2.75) is 31.9 Å². The fourth-order valence-electron chi connectivity index (χ4n) is 4.58. The van der Waals surface area contributed by atoms with Gasteiger partial charge in [-0.15, -0.1) is 0 Å². The average molecular weight is 431 g/mol. The molecule has 0 spiro atoms. The van der Waals surface area contributed by atoms with Gasteiger partial charge in [0.15, 0.2) is 0 Å². The number of nitrogens with zero attached hydrogens (tertiary/aromatic N) is 1. The fourth-order valence-corrected chi connectivity index (χ4v) is 4.58. The largest absolute Gasteiger partial charge is 0.398 e. The monoisotopic (exact) mass is 430 g/mol. The minimum absolute atomic E-state index is 0.0635. The first-order valence-corrected chi connectivity index (χ1v) is 11.0. The number of pyridine rings is 1. The van der Waals surface area contributed by atoms with Crippen LogP contribution in [0, 0.1) is 5.41 Å². The van der Waals surface area contributed by atoms with Gasteiger partial charge in [-0.3, -0.25) is 4.79 Å². The molecule has 1 fully saturated rings. The molecule has 1 amide bonds. The summed E-state index contributed by atoms with van der Waals surface area (Å²) >= 11 is 0. The Morgan fingerprint density at radius 3 is 2.59 bits per heavy atom. The molecule has 0 aliphatic carbocycles. The predicted octanol–water partition coefficient (Wildman–Crippen LogP) is 3.46. The number of carbonyl (C=O) groups excluding carboxylic acids is 1. The van der Waals surface area contributed by atoms with Crippen molar-refractivity contribution in [2.75, 3.05) is 25.6 Å². The van der Waals surface area contributed by atoms with E-state index < -0.39 is 0 Å². The molecule has 3 heterocycles. The summed E-state index contributed by atoms with van der Waals surface area (Å²) in [5.74, 6) is -0.0635. The van der Waals surface area contributed by atoms with Gasteiger partial charge >= 0.3 is 0 Å². The summed E-state index contributed by atoms with van der Waals surface area (Å²) in [6.07, 6.45) is 3.75. The van der Waals surface area contributed by atoms with Crippen LogP contribution in [0.2, 0.25) is 0 Å². The van der Waals surface area contributed by atoms with Gasteiger partial charge in [-0.25, -0.2) is 4.98 Å². The Morgan fingerprint density at radius 1 is 1.06 bits per heavy atom. The van der Waals surface area contributed by atoms with Crippen LogP contribution < -0.4 is 11.1 Å². The molecule has 0 saturated carbocycles. The standard InChI is InChI=1S/C25H26N4O3/c26-13-19-21(27)5-6-22-23(19)18-9-12-32-14-20(18)24(29-22)15-1-3-16(4-2-15)25(30)28-17-7-10-31-11-8-17/h1-6,13,17,26H,7-12,14,27H2,(H,28,30). The number of amides is 1. The van der Waals surface area contributed by atoms with Crippen LogP contribution in [0.5, 0.6) is 0 Å². The Morgan fingerprint density at radius 2 is 1.84 bits per heavy atom. The van der Waals surface area contributed by atoms with E-state index in [0.717, 1.165) is 52.5 Å². The second-order valence-electron chi connectivity index (χ2n) is 8.26. The topological polar surface area (TPSA) is 110 Å². The zero-order valence-electron chi connectivity index (χ0n) is 17.8. The highest BCUT2D eigenvalue weighted by Crippen LogP contribution is 2.36. The third-order valence-corrected chi connectivity index (χ3v) is 6.31. The van der Waals surface area contributed by atoms with E-state index in [2.05, 4.69) is 5.32 Å². The third kappa shape index (κ3) is 3.74. The molecule has 5 rings (SSSR count). The summed E-state index contributed by atoms with van der Waals surface area (Å²) < 4.78 is 11.1. The van der Waals surface area contributed by atoms with Gasteiger partial charge in [0.2, 0.25) is 0 Å². The SMILES string of the molecule is N=Cc1c(N)ccc2nc(-c3ccc(C(=O)NC4CCOCC4)cc3)c3c(c12)CCOC3. The van der Waals surface area contributed by atoms with Crippen molar-refractivity contribution in [3.05, 3.63) is 58.7 Å². The van der Waals surface area contributed by atoms with Gasteiger partial charge in [0.25, 0.3) is 5.91 Å². The third-order valence-electron chi connectivity index (χ3n) is 6.31. The molecule has 2 aliphatic rings. The van der Waals surface area contributed by atoms with Crippen molar-refractivity contribution >= 4 is 28.7 Å². The average Bonchev–Trinajstić information content (AvgIpc) is 2.84. The van der Waals surface area contributed by atoms with Gasteiger partial charge < -0.3 is 25.9 Å². The van der Waals surface area contributed by atoms with E-state index >= 15 is 0 Å². The zero-order valence-corrected chi connectivity index (χ0v) is 17.8. The molecule has 0 atom stereocenters. The van der Waals surface area contributed by atoms with Crippen molar-refractivity contribution in [2.24, 2.45) is 0 Å². The minimum Gasteiger partial charge on any atom is -0.398 e.